The van der Waals surface area contributed by atoms with Gasteiger partial charge in [0.05, 0.1) is 0 Å². The summed E-state index contributed by atoms with van der Waals surface area (Å²) in [6.45, 7) is 7.93. The van der Waals surface area contributed by atoms with Crippen molar-refractivity contribution in [2.75, 3.05) is 13.1 Å². The van der Waals surface area contributed by atoms with Crippen LogP contribution in [0.1, 0.15) is 32.6 Å². The summed E-state index contributed by atoms with van der Waals surface area (Å²) in [7, 11) is 0. The molecule has 0 heterocycles. The van der Waals surface area contributed by atoms with E-state index in [9.17, 15) is 0 Å². The Labute approximate surface area is 90.2 Å². The summed E-state index contributed by atoms with van der Waals surface area (Å²) >= 11 is 0. The molecule has 0 amide bonds. The SMILES string of the molecule is [CH2-]CNCCCCCC.[Y]. The molecule has 1 N–H and O–H groups in total. The fourth-order valence-corrected chi connectivity index (χ4v) is 0.802. The zero-order chi connectivity index (χ0) is 6.95. The normalized spacial score (nSPS) is 9.00. The van der Waals surface area contributed by atoms with E-state index in [1.807, 2.05) is 0 Å². The van der Waals surface area contributed by atoms with Gasteiger partial charge in [0.25, 0.3) is 0 Å². The van der Waals surface area contributed by atoms with Gasteiger partial charge in [0, 0.05) is 32.7 Å². The molecule has 0 rings (SSSR count). The molecule has 0 saturated heterocycles. The third kappa shape index (κ3) is 11.8. The first kappa shape index (κ1) is 13.6. The maximum Gasteiger partial charge on any atom is 0 e. The van der Waals surface area contributed by atoms with E-state index in [2.05, 4.69) is 19.2 Å². The van der Waals surface area contributed by atoms with Crippen molar-refractivity contribution >= 4 is 0 Å². The molecule has 0 aromatic carbocycles. The summed E-state index contributed by atoms with van der Waals surface area (Å²) in [4.78, 5) is 0. The zero-order valence-electron chi connectivity index (χ0n) is 7.03. The molecule has 0 atom stereocenters. The number of unbranched alkanes of at least 4 members (excludes halogenated alkanes) is 3. The van der Waals surface area contributed by atoms with Crippen LogP contribution in [0.4, 0.5) is 0 Å². The van der Waals surface area contributed by atoms with Gasteiger partial charge in [-0.05, 0) is 13.0 Å². The first-order valence-electron chi connectivity index (χ1n) is 3.91. The van der Waals surface area contributed by atoms with Gasteiger partial charge in [-0.1, -0.05) is 26.2 Å². The molecule has 10 heavy (non-hydrogen) atoms. The molecule has 0 aliphatic heterocycles. The molecular weight excluding hydrogens is 199 g/mol. The Morgan fingerprint density at radius 2 is 1.90 bits per heavy atom. The van der Waals surface area contributed by atoms with E-state index in [1.54, 1.807) is 0 Å². The minimum Gasteiger partial charge on any atom is -0.346 e. The van der Waals surface area contributed by atoms with Crippen molar-refractivity contribution in [3.05, 3.63) is 6.92 Å². The van der Waals surface area contributed by atoms with Crippen LogP contribution in [-0.2, 0) is 32.7 Å². The Bertz CT molecular complexity index is 42.5. The van der Waals surface area contributed by atoms with E-state index in [0.717, 1.165) is 13.1 Å². The average molecular weight is 217 g/mol. The smallest absolute Gasteiger partial charge is 0 e. The zero-order valence-corrected chi connectivity index (χ0v) is 9.87. The number of hydrogen-bond donors (Lipinski definition) is 1. The monoisotopic (exact) mass is 217 g/mol. The van der Waals surface area contributed by atoms with E-state index in [4.69, 9.17) is 0 Å². The van der Waals surface area contributed by atoms with E-state index in [0.29, 0.717) is 0 Å². The van der Waals surface area contributed by atoms with Crippen molar-refractivity contribution in [2.24, 2.45) is 0 Å². The molecule has 0 aliphatic carbocycles. The maximum atomic E-state index is 3.69. The summed E-state index contributed by atoms with van der Waals surface area (Å²) in [5.74, 6) is 0. The molecule has 0 bridgehead atoms. The Kier molecular flexibility index (Phi) is 17.3. The van der Waals surface area contributed by atoms with Crippen molar-refractivity contribution in [2.45, 2.75) is 32.6 Å². The maximum absolute atomic E-state index is 3.69. The van der Waals surface area contributed by atoms with Crippen LogP contribution in [0.2, 0.25) is 0 Å². The second-order valence-electron chi connectivity index (χ2n) is 2.31. The second kappa shape index (κ2) is 12.7. The quantitative estimate of drug-likeness (QED) is 0.530. The van der Waals surface area contributed by atoms with Crippen LogP contribution in [0.5, 0.6) is 0 Å². The van der Waals surface area contributed by atoms with Gasteiger partial charge in [-0.2, -0.15) is 0 Å². The predicted molar refractivity (Wildman–Crippen MR) is 42.4 cm³/mol. The number of rotatable bonds is 6. The van der Waals surface area contributed by atoms with E-state index in [1.165, 1.54) is 25.7 Å². The van der Waals surface area contributed by atoms with Crippen LogP contribution in [0.3, 0.4) is 0 Å². The van der Waals surface area contributed by atoms with Gasteiger partial charge >= 0.3 is 0 Å². The van der Waals surface area contributed by atoms with Gasteiger partial charge in [-0.15, -0.1) is 6.54 Å². The first-order chi connectivity index (χ1) is 4.41. The molecule has 0 aliphatic rings. The van der Waals surface area contributed by atoms with Crippen LogP contribution in [-0.4, -0.2) is 13.1 Å². The van der Waals surface area contributed by atoms with Crippen molar-refractivity contribution < 1.29 is 32.7 Å². The average Bonchev–Trinajstić information content (AvgIpc) is 1.89. The molecule has 2 heteroatoms. The van der Waals surface area contributed by atoms with Crippen molar-refractivity contribution in [1.82, 2.24) is 5.32 Å². The molecule has 0 aromatic rings. The van der Waals surface area contributed by atoms with Crippen molar-refractivity contribution in [3.63, 3.8) is 0 Å². The fraction of sp³-hybridized carbons (Fsp3) is 0.875. The number of nitrogens with one attached hydrogen (secondary N) is 1. The van der Waals surface area contributed by atoms with Gasteiger partial charge in [0.1, 0.15) is 0 Å². The predicted octanol–water partition coefficient (Wildman–Crippen LogP) is 1.99. The van der Waals surface area contributed by atoms with Gasteiger partial charge in [-0.25, -0.2) is 0 Å². The summed E-state index contributed by atoms with van der Waals surface area (Å²) < 4.78 is 0. The summed E-state index contributed by atoms with van der Waals surface area (Å²) in [6, 6.07) is 0. The van der Waals surface area contributed by atoms with Crippen molar-refractivity contribution in [1.29, 1.82) is 0 Å². The third-order valence-corrected chi connectivity index (χ3v) is 1.38. The van der Waals surface area contributed by atoms with Gasteiger partial charge in [0.15, 0.2) is 0 Å². The minimum absolute atomic E-state index is 0. The summed E-state index contributed by atoms with van der Waals surface area (Å²) in [5, 5.41) is 3.20. The molecule has 1 nitrogen and oxygen atoms in total. The molecule has 0 aromatic heterocycles. The largest absolute Gasteiger partial charge is 0.346 e. The summed E-state index contributed by atoms with van der Waals surface area (Å²) in [5.41, 5.74) is 0. The summed E-state index contributed by atoms with van der Waals surface area (Å²) in [6.07, 6.45) is 5.37. The van der Waals surface area contributed by atoms with E-state index < -0.39 is 0 Å². The van der Waals surface area contributed by atoms with E-state index >= 15 is 0 Å². The molecule has 0 spiro atoms. The standard InChI is InChI=1S/C8H18N.Y/c1-3-5-6-7-8-9-4-2;/h9H,2-8H2,1H3;/q-1;. The van der Waals surface area contributed by atoms with E-state index in [-0.39, 0.29) is 32.7 Å². The van der Waals surface area contributed by atoms with Crippen LogP contribution in [0.25, 0.3) is 0 Å². The Morgan fingerprint density at radius 3 is 2.40 bits per heavy atom. The van der Waals surface area contributed by atoms with Gasteiger partial charge in [-0.3, -0.25) is 0 Å². The molecular formula is C8H18NY-. The molecule has 0 fully saturated rings. The molecule has 0 saturated carbocycles. The Morgan fingerprint density at radius 1 is 1.20 bits per heavy atom. The molecule has 0 unspecified atom stereocenters. The Hall–Kier alpha value is 1.06. The topological polar surface area (TPSA) is 12.0 Å². The minimum atomic E-state index is 0. The Balaban J connectivity index is 0. The van der Waals surface area contributed by atoms with Crippen LogP contribution in [0.15, 0.2) is 0 Å². The first-order valence-corrected chi connectivity index (χ1v) is 3.91. The molecule has 1 radical (unpaired) electrons. The van der Waals surface area contributed by atoms with Gasteiger partial charge < -0.3 is 12.2 Å². The van der Waals surface area contributed by atoms with Crippen LogP contribution in [0, 0.1) is 6.92 Å². The third-order valence-electron chi connectivity index (χ3n) is 1.38. The molecule has 59 valence electrons. The second-order valence-corrected chi connectivity index (χ2v) is 2.31. The van der Waals surface area contributed by atoms with Crippen molar-refractivity contribution in [3.8, 4) is 0 Å². The number of hydrogen-bond acceptors (Lipinski definition) is 1. The van der Waals surface area contributed by atoms with Crippen LogP contribution >= 0.6 is 0 Å². The van der Waals surface area contributed by atoms with Crippen LogP contribution < -0.4 is 5.32 Å². The van der Waals surface area contributed by atoms with Gasteiger partial charge in [0.2, 0.25) is 0 Å². The fourth-order valence-electron chi connectivity index (χ4n) is 0.802.